The van der Waals surface area contributed by atoms with E-state index in [1.807, 2.05) is 6.92 Å². The summed E-state index contributed by atoms with van der Waals surface area (Å²) in [5, 5.41) is 13.7. The molecule has 0 unspecified atom stereocenters. The van der Waals surface area contributed by atoms with Crippen molar-refractivity contribution in [2.24, 2.45) is 0 Å². The van der Waals surface area contributed by atoms with Gasteiger partial charge in [0, 0.05) is 25.9 Å². The number of nitrogens with zero attached hydrogens (tertiary/aromatic N) is 5. The van der Waals surface area contributed by atoms with Crippen LogP contribution in [0.15, 0.2) is 18.6 Å². The van der Waals surface area contributed by atoms with Crippen LogP contribution >= 0.6 is 0 Å². The van der Waals surface area contributed by atoms with Gasteiger partial charge in [-0.3, -0.25) is 14.7 Å². The second-order valence-corrected chi connectivity index (χ2v) is 3.48. The van der Waals surface area contributed by atoms with E-state index in [9.17, 15) is 10.1 Å². The molecule has 0 aliphatic heterocycles. The van der Waals surface area contributed by atoms with Gasteiger partial charge in [-0.2, -0.15) is 4.98 Å². The van der Waals surface area contributed by atoms with Crippen LogP contribution in [0.25, 0.3) is 5.82 Å². The highest BCUT2D eigenvalue weighted by Gasteiger charge is 2.20. The molecular formula is C10H12N6O2. The number of imidazole rings is 1. The van der Waals surface area contributed by atoms with Crippen LogP contribution in [0.4, 0.5) is 11.6 Å². The fourth-order valence-electron chi connectivity index (χ4n) is 1.58. The van der Waals surface area contributed by atoms with E-state index in [0.29, 0.717) is 18.2 Å². The average molecular weight is 248 g/mol. The molecule has 0 spiro atoms. The first-order valence-corrected chi connectivity index (χ1v) is 5.39. The van der Waals surface area contributed by atoms with Gasteiger partial charge in [-0.1, -0.05) is 6.92 Å². The lowest BCUT2D eigenvalue weighted by Crippen LogP contribution is -2.08. The highest BCUT2D eigenvalue weighted by Crippen LogP contribution is 2.22. The summed E-state index contributed by atoms with van der Waals surface area (Å²) in [4.78, 5) is 22.6. The Morgan fingerprint density at radius 1 is 1.50 bits per heavy atom. The van der Waals surface area contributed by atoms with Crippen LogP contribution < -0.4 is 5.32 Å². The molecule has 8 heteroatoms. The van der Waals surface area contributed by atoms with Crippen molar-refractivity contribution in [3.8, 4) is 5.82 Å². The Morgan fingerprint density at radius 3 is 2.89 bits per heavy atom. The second kappa shape index (κ2) is 4.78. The number of aromatic nitrogens is 4. The molecule has 0 aromatic carbocycles. The van der Waals surface area contributed by atoms with Crippen molar-refractivity contribution in [1.29, 1.82) is 0 Å². The summed E-state index contributed by atoms with van der Waals surface area (Å²) in [6.45, 7) is 1.92. The van der Waals surface area contributed by atoms with Crippen LogP contribution in [0, 0.1) is 10.1 Å². The minimum atomic E-state index is -0.506. The molecule has 2 aromatic rings. The Kier molecular flexibility index (Phi) is 3.18. The molecule has 0 aliphatic carbocycles. The van der Waals surface area contributed by atoms with E-state index in [0.717, 1.165) is 0 Å². The molecule has 0 atom stereocenters. The van der Waals surface area contributed by atoms with Gasteiger partial charge in [0.15, 0.2) is 0 Å². The molecule has 2 heterocycles. The van der Waals surface area contributed by atoms with Crippen LogP contribution in [0.3, 0.4) is 0 Å². The van der Waals surface area contributed by atoms with Crippen molar-refractivity contribution in [3.05, 3.63) is 34.5 Å². The number of nitrogens with one attached hydrogen (secondary N) is 1. The first kappa shape index (κ1) is 12.0. The fourth-order valence-corrected chi connectivity index (χ4v) is 1.58. The summed E-state index contributed by atoms with van der Waals surface area (Å²) < 4.78 is 1.60. The summed E-state index contributed by atoms with van der Waals surface area (Å²) in [6, 6.07) is 0. The molecule has 8 nitrogen and oxygen atoms in total. The molecule has 0 bridgehead atoms. The summed E-state index contributed by atoms with van der Waals surface area (Å²) in [6.07, 6.45) is 5.08. The van der Waals surface area contributed by atoms with Crippen molar-refractivity contribution < 1.29 is 4.92 Å². The monoisotopic (exact) mass is 248 g/mol. The molecule has 0 saturated carbocycles. The van der Waals surface area contributed by atoms with E-state index in [1.54, 1.807) is 24.0 Å². The maximum Gasteiger partial charge on any atom is 0.330 e. The minimum absolute atomic E-state index is 0.151. The number of hydrogen-bond donors (Lipinski definition) is 1. The topological polar surface area (TPSA) is 98.8 Å². The Hall–Kier alpha value is -2.51. The van der Waals surface area contributed by atoms with Crippen LogP contribution in [0.5, 0.6) is 0 Å². The summed E-state index contributed by atoms with van der Waals surface area (Å²) in [7, 11) is 1.65. The lowest BCUT2D eigenvalue weighted by molar-refractivity contribution is -0.385. The van der Waals surface area contributed by atoms with Gasteiger partial charge in [0.05, 0.1) is 4.92 Å². The quantitative estimate of drug-likeness (QED) is 0.644. The molecule has 2 rings (SSSR count). The number of hydrogen-bond acceptors (Lipinski definition) is 6. The standard InChI is InChI=1S/C10H12N6O2/c1-3-8-12-4-5-15(8)9-7(16(17)18)6-13-10(11-2)14-9/h4-6H,3H2,1-2H3,(H,11,13,14). The zero-order chi connectivity index (χ0) is 13.1. The Morgan fingerprint density at radius 2 is 2.28 bits per heavy atom. The van der Waals surface area contributed by atoms with Gasteiger partial charge in [-0.25, -0.2) is 9.97 Å². The number of aryl methyl sites for hydroxylation is 1. The molecule has 2 aromatic heterocycles. The van der Waals surface area contributed by atoms with E-state index >= 15 is 0 Å². The molecule has 0 fully saturated rings. The molecule has 0 radical (unpaired) electrons. The highest BCUT2D eigenvalue weighted by atomic mass is 16.6. The first-order chi connectivity index (χ1) is 8.67. The van der Waals surface area contributed by atoms with Crippen molar-refractivity contribution in [2.75, 3.05) is 12.4 Å². The lowest BCUT2D eigenvalue weighted by Gasteiger charge is -2.07. The van der Waals surface area contributed by atoms with Crippen molar-refractivity contribution in [2.45, 2.75) is 13.3 Å². The smallest absolute Gasteiger partial charge is 0.330 e. The minimum Gasteiger partial charge on any atom is -0.357 e. The highest BCUT2D eigenvalue weighted by molar-refractivity contribution is 5.49. The average Bonchev–Trinajstić information content (AvgIpc) is 2.85. The van der Waals surface area contributed by atoms with Gasteiger partial charge >= 0.3 is 5.69 Å². The van der Waals surface area contributed by atoms with Crippen LogP contribution in [0.1, 0.15) is 12.7 Å². The largest absolute Gasteiger partial charge is 0.357 e. The van der Waals surface area contributed by atoms with E-state index in [2.05, 4.69) is 20.3 Å². The van der Waals surface area contributed by atoms with Gasteiger partial charge in [0.2, 0.25) is 11.8 Å². The van der Waals surface area contributed by atoms with Crippen molar-refractivity contribution >= 4 is 11.6 Å². The van der Waals surface area contributed by atoms with Crippen LogP contribution in [-0.2, 0) is 6.42 Å². The van der Waals surface area contributed by atoms with Gasteiger partial charge in [-0.15, -0.1) is 0 Å². The summed E-state index contributed by atoms with van der Waals surface area (Å²) in [5.41, 5.74) is -0.151. The Labute approximate surface area is 103 Å². The second-order valence-electron chi connectivity index (χ2n) is 3.48. The Bertz CT molecular complexity index is 579. The Balaban J connectivity index is 2.63. The lowest BCUT2D eigenvalue weighted by atomic mass is 10.4. The van der Waals surface area contributed by atoms with Gasteiger partial charge < -0.3 is 5.32 Å². The SMILES string of the molecule is CCc1nccn1-c1nc(NC)ncc1[N+](=O)[O-]. The fraction of sp³-hybridized carbons (Fsp3) is 0.300. The van der Waals surface area contributed by atoms with Gasteiger partial charge in [0.25, 0.3) is 0 Å². The third kappa shape index (κ3) is 1.99. The number of rotatable bonds is 4. The zero-order valence-electron chi connectivity index (χ0n) is 9.99. The first-order valence-electron chi connectivity index (χ1n) is 5.39. The molecule has 0 amide bonds. The van der Waals surface area contributed by atoms with Crippen molar-refractivity contribution in [1.82, 2.24) is 19.5 Å². The van der Waals surface area contributed by atoms with Crippen LogP contribution in [0.2, 0.25) is 0 Å². The molecular weight excluding hydrogens is 236 g/mol. The molecule has 1 N–H and O–H groups in total. The van der Waals surface area contributed by atoms with Gasteiger partial charge in [0.1, 0.15) is 12.0 Å². The van der Waals surface area contributed by atoms with E-state index < -0.39 is 4.92 Å². The molecule has 94 valence electrons. The van der Waals surface area contributed by atoms with Crippen LogP contribution in [-0.4, -0.2) is 31.5 Å². The van der Waals surface area contributed by atoms with E-state index in [1.165, 1.54) is 6.20 Å². The summed E-state index contributed by atoms with van der Waals surface area (Å²) >= 11 is 0. The molecule has 0 aliphatic rings. The predicted molar refractivity (Wildman–Crippen MR) is 64.7 cm³/mol. The molecule has 0 saturated heterocycles. The number of nitro groups is 1. The molecule has 18 heavy (non-hydrogen) atoms. The number of anilines is 1. The normalized spacial score (nSPS) is 10.3. The zero-order valence-corrected chi connectivity index (χ0v) is 9.99. The third-order valence-electron chi connectivity index (χ3n) is 2.43. The van der Waals surface area contributed by atoms with Crippen molar-refractivity contribution in [3.63, 3.8) is 0 Å². The summed E-state index contributed by atoms with van der Waals surface area (Å²) in [5.74, 6) is 1.25. The van der Waals surface area contributed by atoms with E-state index in [4.69, 9.17) is 0 Å². The third-order valence-corrected chi connectivity index (χ3v) is 2.43. The predicted octanol–water partition coefficient (Wildman–Crippen LogP) is 1.17. The maximum absolute atomic E-state index is 11.0. The van der Waals surface area contributed by atoms with Gasteiger partial charge in [-0.05, 0) is 0 Å². The van der Waals surface area contributed by atoms with E-state index in [-0.39, 0.29) is 11.5 Å². The maximum atomic E-state index is 11.0.